The first-order valence-electron chi connectivity index (χ1n) is 11.3. The number of aliphatic carboxylic acids is 1. The van der Waals surface area contributed by atoms with Crippen molar-refractivity contribution in [3.63, 3.8) is 0 Å². The Kier molecular flexibility index (Phi) is 6.52. The van der Waals surface area contributed by atoms with Gasteiger partial charge in [0.15, 0.2) is 0 Å². The monoisotopic (exact) mass is 495 g/mol. The predicted molar refractivity (Wildman–Crippen MR) is 135 cm³/mol. The van der Waals surface area contributed by atoms with Crippen LogP contribution in [-0.4, -0.2) is 55.0 Å². The summed E-state index contributed by atoms with van der Waals surface area (Å²) in [5.41, 5.74) is 1.30. The number of carboxylic acid groups (broad SMARTS) is 1. The van der Waals surface area contributed by atoms with Gasteiger partial charge in [-0.05, 0) is 45.7 Å². The number of urea groups is 1. The normalized spacial score (nSPS) is 15.0. The lowest BCUT2D eigenvalue weighted by Gasteiger charge is -2.44. The van der Waals surface area contributed by atoms with Crippen LogP contribution in [-0.2, 0) is 9.53 Å². The van der Waals surface area contributed by atoms with Gasteiger partial charge in [0.05, 0.1) is 18.3 Å². The molecule has 2 aromatic heterocycles. The molecule has 184 valence electrons. The summed E-state index contributed by atoms with van der Waals surface area (Å²) in [6.45, 7) is 13.2. The molecular weight excluding hydrogens is 466 g/mol. The summed E-state index contributed by atoms with van der Waals surface area (Å²) in [6, 6.07) is 9.23. The molecule has 1 aliphatic rings. The van der Waals surface area contributed by atoms with Crippen LogP contribution < -0.4 is 4.90 Å². The molecule has 1 atom stereocenters. The number of fused-ring (bicyclic) bond motifs is 1. The number of benzene rings is 1. The molecule has 4 rings (SSSR count). The Balaban J connectivity index is 1.87. The topological polar surface area (TPSA) is 101 Å². The van der Waals surface area contributed by atoms with E-state index in [9.17, 15) is 14.7 Å². The van der Waals surface area contributed by atoms with Crippen LogP contribution in [0, 0.1) is 6.92 Å². The van der Waals surface area contributed by atoms with Gasteiger partial charge in [-0.3, -0.25) is 9.80 Å². The Morgan fingerprint density at radius 3 is 2.49 bits per heavy atom. The average molecular weight is 496 g/mol. The van der Waals surface area contributed by atoms with Gasteiger partial charge < -0.3 is 9.84 Å². The molecule has 0 saturated carbocycles. The zero-order valence-electron chi connectivity index (χ0n) is 20.4. The summed E-state index contributed by atoms with van der Waals surface area (Å²) in [5.74, 6) is -1.13. The van der Waals surface area contributed by atoms with Gasteiger partial charge in [-0.1, -0.05) is 48.2 Å². The number of amides is 2. The predicted octanol–water partition coefficient (Wildman–Crippen LogP) is 4.88. The van der Waals surface area contributed by atoms with Gasteiger partial charge in [-0.25, -0.2) is 19.3 Å². The molecule has 35 heavy (non-hydrogen) atoms. The van der Waals surface area contributed by atoms with Crippen LogP contribution >= 0.6 is 11.3 Å². The maximum atomic E-state index is 14.0. The first-order valence-corrected chi connectivity index (χ1v) is 12.1. The molecule has 2 amide bonds. The quantitative estimate of drug-likeness (QED) is 0.478. The number of hydrogen-bond donors (Lipinski definition) is 1. The second-order valence-corrected chi connectivity index (χ2v) is 10.2. The molecule has 0 radical (unpaired) electrons. The average Bonchev–Trinajstić information content (AvgIpc) is 3.44. The molecule has 1 N–H and O–H groups in total. The van der Waals surface area contributed by atoms with Crippen LogP contribution in [0.1, 0.15) is 50.5 Å². The molecule has 0 bridgehead atoms. The molecule has 0 unspecified atom stereocenters. The van der Waals surface area contributed by atoms with E-state index in [0.29, 0.717) is 16.3 Å². The van der Waals surface area contributed by atoms with Crippen molar-refractivity contribution in [1.82, 2.24) is 19.7 Å². The molecule has 9 nitrogen and oxygen atoms in total. The summed E-state index contributed by atoms with van der Waals surface area (Å²) >= 11 is 1.39. The van der Waals surface area contributed by atoms with E-state index >= 15 is 0 Å². The van der Waals surface area contributed by atoms with Gasteiger partial charge in [-0.15, -0.1) is 0 Å². The number of hydrogen-bond acceptors (Lipinski definition) is 6. The van der Waals surface area contributed by atoms with Gasteiger partial charge in [0, 0.05) is 5.56 Å². The van der Waals surface area contributed by atoms with Crippen molar-refractivity contribution in [2.24, 2.45) is 0 Å². The summed E-state index contributed by atoms with van der Waals surface area (Å²) < 4.78 is 7.87. The summed E-state index contributed by atoms with van der Waals surface area (Å²) in [6.07, 6.45) is 2.52. The van der Waals surface area contributed by atoms with E-state index in [1.807, 2.05) is 51.1 Å². The van der Waals surface area contributed by atoms with Crippen LogP contribution in [0.5, 0.6) is 0 Å². The number of thiophene rings is 1. The molecular formula is C25H29N5O4S. The minimum atomic E-state index is -1.52. The van der Waals surface area contributed by atoms with Gasteiger partial charge in [0.1, 0.15) is 34.3 Å². The lowest BCUT2D eigenvalue weighted by molar-refractivity contribution is -0.146. The first-order chi connectivity index (χ1) is 16.5. The molecule has 1 aromatic carbocycles. The lowest BCUT2D eigenvalue weighted by Crippen LogP contribution is -2.58. The summed E-state index contributed by atoms with van der Waals surface area (Å²) in [4.78, 5) is 33.1. The van der Waals surface area contributed by atoms with E-state index in [4.69, 9.17) is 4.74 Å². The van der Waals surface area contributed by atoms with Crippen molar-refractivity contribution >= 4 is 34.0 Å². The van der Waals surface area contributed by atoms with Crippen molar-refractivity contribution in [3.05, 3.63) is 66.3 Å². The zero-order chi connectivity index (χ0) is 25.5. The Morgan fingerprint density at radius 1 is 1.23 bits per heavy atom. The van der Waals surface area contributed by atoms with E-state index in [-0.39, 0.29) is 12.6 Å². The van der Waals surface area contributed by atoms with E-state index in [0.717, 1.165) is 16.1 Å². The lowest BCUT2D eigenvalue weighted by atomic mass is 9.97. The number of rotatable bonds is 8. The van der Waals surface area contributed by atoms with E-state index in [1.165, 1.54) is 36.4 Å². The van der Waals surface area contributed by atoms with Gasteiger partial charge >= 0.3 is 12.0 Å². The number of nitrogens with zero attached hydrogens (tertiary/aromatic N) is 5. The second kappa shape index (κ2) is 9.27. The Hall–Kier alpha value is -3.50. The van der Waals surface area contributed by atoms with Gasteiger partial charge in [-0.2, -0.15) is 5.10 Å². The zero-order valence-corrected chi connectivity index (χ0v) is 21.2. The van der Waals surface area contributed by atoms with Crippen molar-refractivity contribution in [3.8, 4) is 5.00 Å². The molecule has 0 saturated heterocycles. The SMILES string of the molecule is C=C1c2c(sc(-n3cncn3)c2C)N(C[C@H](OC(C)C)c2ccccc2)C(=O)N1C(C)(C)C(=O)O. The van der Waals surface area contributed by atoms with Crippen LogP contribution in [0.4, 0.5) is 9.80 Å². The van der Waals surface area contributed by atoms with Crippen molar-refractivity contribution in [1.29, 1.82) is 0 Å². The third kappa shape index (κ3) is 4.35. The summed E-state index contributed by atoms with van der Waals surface area (Å²) in [7, 11) is 0. The Bertz CT molecular complexity index is 1250. The number of ether oxygens (including phenoxy) is 1. The van der Waals surface area contributed by atoms with Gasteiger partial charge in [0.2, 0.25) is 0 Å². The fraction of sp³-hybridized carbons (Fsp3) is 0.360. The molecule has 3 heterocycles. The fourth-order valence-electron chi connectivity index (χ4n) is 4.21. The number of anilines is 1. The van der Waals surface area contributed by atoms with Crippen molar-refractivity contribution < 1.29 is 19.4 Å². The number of carbonyl (C=O) groups excluding carboxylic acids is 1. The second-order valence-electron chi connectivity index (χ2n) is 9.18. The van der Waals surface area contributed by atoms with E-state index in [2.05, 4.69) is 16.7 Å². The maximum absolute atomic E-state index is 14.0. The maximum Gasteiger partial charge on any atom is 0.330 e. The third-order valence-electron chi connectivity index (χ3n) is 5.99. The number of carboxylic acids is 1. The fourth-order valence-corrected chi connectivity index (χ4v) is 5.47. The highest BCUT2D eigenvalue weighted by Crippen LogP contribution is 2.48. The Morgan fingerprint density at radius 2 is 1.91 bits per heavy atom. The Labute approximate surface area is 208 Å². The van der Waals surface area contributed by atoms with Crippen LogP contribution in [0.15, 0.2) is 49.6 Å². The van der Waals surface area contributed by atoms with E-state index < -0.39 is 23.6 Å². The van der Waals surface area contributed by atoms with Crippen LogP contribution in [0.3, 0.4) is 0 Å². The largest absolute Gasteiger partial charge is 0.480 e. The summed E-state index contributed by atoms with van der Waals surface area (Å²) in [5, 5.41) is 15.7. The van der Waals surface area contributed by atoms with E-state index in [1.54, 1.807) is 15.9 Å². The smallest absolute Gasteiger partial charge is 0.330 e. The van der Waals surface area contributed by atoms with Crippen LogP contribution in [0.2, 0.25) is 0 Å². The highest BCUT2D eigenvalue weighted by molar-refractivity contribution is 7.19. The number of aromatic nitrogens is 3. The van der Waals surface area contributed by atoms with Gasteiger partial charge in [0.25, 0.3) is 0 Å². The molecule has 0 fully saturated rings. The standard InChI is InChI=1S/C25H29N5O4S/c1-15(2)34-19(18-10-8-7-9-11-18)12-28-22-20(16(3)21(35-22)29-14-26-13-27-29)17(4)30(24(28)33)25(5,6)23(31)32/h7-11,13-15,19H,4,12H2,1-3,5-6H3,(H,31,32)/t19-/m0/s1. The molecule has 0 spiro atoms. The minimum absolute atomic E-state index is 0.0862. The molecule has 3 aromatic rings. The highest BCUT2D eigenvalue weighted by atomic mass is 32.1. The van der Waals surface area contributed by atoms with Crippen molar-refractivity contribution in [2.45, 2.75) is 52.4 Å². The van der Waals surface area contributed by atoms with Crippen molar-refractivity contribution in [2.75, 3.05) is 11.4 Å². The minimum Gasteiger partial charge on any atom is -0.480 e. The molecule has 0 aliphatic carbocycles. The van der Waals surface area contributed by atoms with Crippen LogP contribution in [0.25, 0.3) is 10.7 Å². The molecule has 10 heteroatoms. The third-order valence-corrected chi connectivity index (χ3v) is 7.30. The molecule has 1 aliphatic heterocycles. The number of carbonyl (C=O) groups is 2. The first kappa shape index (κ1) is 24.6. The highest BCUT2D eigenvalue weighted by Gasteiger charge is 2.47.